The fourth-order valence-corrected chi connectivity index (χ4v) is 3.14. The van der Waals surface area contributed by atoms with Crippen LogP contribution in [0.15, 0.2) is 30.3 Å². The Kier molecular flexibility index (Phi) is 7.59. The van der Waals surface area contributed by atoms with Crippen molar-refractivity contribution in [2.75, 3.05) is 26.7 Å². The molecule has 1 aromatic rings. The molecule has 0 spiro atoms. The number of rotatable bonds is 8. The van der Waals surface area contributed by atoms with Gasteiger partial charge in [0.2, 0.25) is 11.8 Å². The standard InChI is InChI=1S/C19H27N3O4/c1-3-7-15(14-8-5-4-6-9-14)21-17(23)13-22-11-10-20-19(25)16(22)12-18(24)26-2/h4-6,8-9,15-16H,3,7,10-13H2,1-2H3,(H,20,25)(H,21,23)/t15-,16-/m0/s1. The van der Waals surface area contributed by atoms with Gasteiger partial charge in [-0.15, -0.1) is 0 Å². The van der Waals surface area contributed by atoms with E-state index in [9.17, 15) is 14.4 Å². The number of carbonyl (C=O) groups excluding carboxylic acids is 3. The van der Waals surface area contributed by atoms with Gasteiger partial charge >= 0.3 is 5.97 Å². The lowest BCUT2D eigenvalue weighted by atomic mass is 10.0. The van der Waals surface area contributed by atoms with Gasteiger partial charge in [0, 0.05) is 13.1 Å². The second kappa shape index (κ2) is 9.91. The highest BCUT2D eigenvalue weighted by Gasteiger charge is 2.33. The quantitative estimate of drug-likeness (QED) is 0.675. The summed E-state index contributed by atoms with van der Waals surface area (Å²) < 4.78 is 4.66. The molecule has 142 valence electrons. The van der Waals surface area contributed by atoms with Crippen molar-refractivity contribution in [3.63, 3.8) is 0 Å². The van der Waals surface area contributed by atoms with Gasteiger partial charge in [-0.05, 0) is 12.0 Å². The molecule has 1 heterocycles. The molecule has 2 rings (SSSR count). The lowest BCUT2D eigenvalue weighted by Gasteiger charge is -2.34. The molecule has 2 N–H and O–H groups in total. The molecule has 7 heteroatoms. The van der Waals surface area contributed by atoms with Crippen molar-refractivity contribution in [1.82, 2.24) is 15.5 Å². The lowest BCUT2D eigenvalue weighted by Crippen LogP contribution is -2.58. The van der Waals surface area contributed by atoms with Crippen molar-refractivity contribution in [3.8, 4) is 0 Å². The Balaban J connectivity index is 2.01. The molecule has 26 heavy (non-hydrogen) atoms. The van der Waals surface area contributed by atoms with Crippen LogP contribution in [0.25, 0.3) is 0 Å². The van der Waals surface area contributed by atoms with E-state index < -0.39 is 12.0 Å². The lowest BCUT2D eigenvalue weighted by molar-refractivity contribution is -0.146. The second-order valence-corrected chi connectivity index (χ2v) is 6.38. The number of nitrogens with zero attached hydrogens (tertiary/aromatic N) is 1. The number of carbonyl (C=O) groups is 3. The number of ether oxygens (including phenoxy) is 1. The summed E-state index contributed by atoms with van der Waals surface area (Å²) in [6, 6.07) is 9.09. The average molecular weight is 361 g/mol. The van der Waals surface area contributed by atoms with Crippen molar-refractivity contribution >= 4 is 17.8 Å². The normalized spacial score (nSPS) is 18.7. The Morgan fingerprint density at radius 1 is 1.35 bits per heavy atom. The number of piperazine rings is 1. The topological polar surface area (TPSA) is 87.7 Å². The minimum atomic E-state index is -0.677. The van der Waals surface area contributed by atoms with Gasteiger partial charge in [-0.3, -0.25) is 19.3 Å². The van der Waals surface area contributed by atoms with Gasteiger partial charge in [0.1, 0.15) is 6.04 Å². The van der Waals surface area contributed by atoms with Crippen molar-refractivity contribution in [2.24, 2.45) is 0 Å². The largest absolute Gasteiger partial charge is 0.469 e. The predicted octanol–water partition coefficient (Wildman–Crippen LogP) is 1.01. The Hall–Kier alpha value is -2.41. The third-order valence-corrected chi connectivity index (χ3v) is 4.49. The van der Waals surface area contributed by atoms with E-state index in [1.807, 2.05) is 30.3 Å². The third kappa shape index (κ3) is 5.56. The van der Waals surface area contributed by atoms with E-state index in [2.05, 4.69) is 22.3 Å². The molecule has 2 atom stereocenters. The summed E-state index contributed by atoms with van der Waals surface area (Å²) in [5, 5.41) is 5.79. The summed E-state index contributed by atoms with van der Waals surface area (Å²) in [5.74, 6) is -0.870. The fraction of sp³-hybridized carbons (Fsp3) is 0.526. The highest BCUT2D eigenvalue weighted by molar-refractivity contribution is 5.88. The van der Waals surface area contributed by atoms with E-state index in [0.717, 1.165) is 18.4 Å². The minimum absolute atomic E-state index is 0.0628. The molecular weight excluding hydrogens is 334 g/mol. The maximum Gasteiger partial charge on any atom is 0.307 e. The SMILES string of the molecule is CCC[C@H](NC(=O)CN1CCNC(=O)[C@@H]1CC(=O)OC)c1ccccc1. The van der Waals surface area contributed by atoms with E-state index in [1.165, 1.54) is 7.11 Å². The van der Waals surface area contributed by atoms with Crippen molar-refractivity contribution in [2.45, 2.75) is 38.3 Å². The molecule has 0 bridgehead atoms. The maximum atomic E-state index is 12.6. The molecule has 1 aliphatic rings. The molecule has 1 saturated heterocycles. The average Bonchev–Trinajstić information content (AvgIpc) is 2.64. The summed E-state index contributed by atoms with van der Waals surface area (Å²) in [7, 11) is 1.29. The van der Waals surface area contributed by atoms with E-state index in [-0.39, 0.29) is 30.8 Å². The summed E-state index contributed by atoms with van der Waals surface area (Å²) in [6.07, 6.45) is 1.71. The van der Waals surface area contributed by atoms with Crippen LogP contribution in [0.5, 0.6) is 0 Å². The second-order valence-electron chi connectivity index (χ2n) is 6.38. The number of nitrogens with one attached hydrogen (secondary N) is 2. The highest BCUT2D eigenvalue weighted by Crippen LogP contribution is 2.18. The number of methoxy groups -OCH3 is 1. The first-order valence-electron chi connectivity index (χ1n) is 8.98. The number of benzene rings is 1. The van der Waals surface area contributed by atoms with Crippen LogP contribution in [0.2, 0.25) is 0 Å². The maximum absolute atomic E-state index is 12.6. The van der Waals surface area contributed by atoms with Crippen LogP contribution < -0.4 is 10.6 Å². The van der Waals surface area contributed by atoms with Gasteiger partial charge in [0.15, 0.2) is 0 Å². The van der Waals surface area contributed by atoms with E-state index in [4.69, 9.17) is 0 Å². The van der Waals surface area contributed by atoms with Crippen molar-refractivity contribution in [3.05, 3.63) is 35.9 Å². The van der Waals surface area contributed by atoms with E-state index in [1.54, 1.807) is 4.90 Å². The monoisotopic (exact) mass is 361 g/mol. The van der Waals surface area contributed by atoms with Crippen LogP contribution in [0.3, 0.4) is 0 Å². The zero-order valence-corrected chi connectivity index (χ0v) is 15.4. The van der Waals surface area contributed by atoms with Crippen LogP contribution in [0.4, 0.5) is 0 Å². The fourth-order valence-electron chi connectivity index (χ4n) is 3.14. The molecule has 2 amide bonds. The Bertz CT molecular complexity index is 620. The molecule has 7 nitrogen and oxygen atoms in total. The third-order valence-electron chi connectivity index (χ3n) is 4.49. The van der Waals surface area contributed by atoms with Crippen LogP contribution >= 0.6 is 0 Å². The molecule has 0 radical (unpaired) electrons. The van der Waals surface area contributed by atoms with Gasteiger partial charge in [-0.1, -0.05) is 43.7 Å². The van der Waals surface area contributed by atoms with Crippen molar-refractivity contribution < 1.29 is 19.1 Å². The first-order valence-corrected chi connectivity index (χ1v) is 8.98. The van der Waals surface area contributed by atoms with E-state index >= 15 is 0 Å². The first-order chi connectivity index (χ1) is 12.5. The zero-order valence-electron chi connectivity index (χ0n) is 15.4. The Morgan fingerprint density at radius 2 is 2.08 bits per heavy atom. The number of amides is 2. The summed E-state index contributed by atoms with van der Waals surface area (Å²) >= 11 is 0. The zero-order chi connectivity index (χ0) is 18.9. The molecular formula is C19H27N3O4. The molecule has 0 saturated carbocycles. The highest BCUT2D eigenvalue weighted by atomic mass is 16.5. The summed E-state index contributed by atoms with van der Waals surface area (Å²) in [6.45, 7) is 3.12. The van der Waals surface area contributed by atoms with Gasteiger partial charge in [0.05, 0.1) is 26.1 Å². The Labute approximate surface area is 154 Å². The van der Waals surface area contributed by atoms with Crippen LogP contribution in [-0.2, 0) is 19.1 Å². The summed E-state index contributed by atoms with van der Waals surface area (Å²) in [4.78, 5) is 38.0. The molecule has 0 aromatic heterocycles. The van der Waals surface area contributed by atoms with Gasteiger partial charge in [0.25, 0.3) is 0 Å². The molecule has 1 fully saturated rings. The van der Waals surface area contributed by atoms with Crippen LogP contribution in [-0.4, -0.2) is 55.5 Å². The number of esters is 1. The van der Waals surface area contributed by atoms with E-state index in [0.29, 0.717) is 13.1 Å². The first kappa shape index (κ1) is 19.9. The van der Waals surface area contributed by atoms with Gasteiger partial charge < -0.3 is 15.4 Å². The smallest absolute Gasteiger partial charge is 0.307 e. The predicted molar refractivity (Wildman–Crippen MR) is 97.2 cm³/mol. The van der Waals surface area contributed by atoms with Gasteiger partial charge in [-0.25, -0.2) is 0 Å². The number of hydrogen-bond donors (Lipinski definition) is 2. The number of hydrogen-bond acceptors (Lipinski definition) is 5. The summed E-state index contributed by atoms with van der Waals surface area (Å²) in [5.41, 5.74) is 1.06. The van der Waals surface area contributed by atoms with Crippen LogP contribution in [0, 0.1) is 0 Å². The minimum Gasteiger partial charge on any atom is -0.469 e. The van der Waals surface area contributed by atoms with Gasteiger partial charge in [-0.2, -0.15) is 0 Å². The molecule has 1 aliphatic heterocycles. The Morgan fingerprint density at radius 3 is 2.73 bits per heavy atom. The molecule has 0 aliphatic carbocycles. The van der Waals surface area contributed by atoms with Crippen molar-refractivity contribution in [1.29, 1.82) is 0 Å². The molecule has 1 aromatic carbocycles. The van der Waals surface area contributed by atoms with Crippen LogP contribution in [0.1, 0.15) is 37.8 Å². The molecule has 0 unspecified atom stereocenters.